The van der Waals surface area contributed by atoms with Crippen molar-refractivity contribution in [2.24, 2.45) is 0 Å². The van der Waals surface area contributed by atoms with E-state index in [0.29, 0.717) is 0 Å². The minimum absolute atomic E-state index is 0.929. The Morgan fingerprint density at radius 1 is 0.765 bits per heavy atom. The Balaban J connectivity index is 1.90. The predicted octanol–water partition coefficient (Wildman–Crippen LogP) is 3.54. The molecule has 0 saturated heterocycles. The van der Waals surface area contributed by atoms with Crippen LogP contribution in [0.3, 0.4) is 0 Å². The van der Waals surface area contributed by atoms with E-state index in [-0.39, 0.29) is 0 Å². The molecule has 2 aromatic rings. The van der Waals surface area contributed by atoms with Gasteiger partial charge < -0.3 is 5.32 Å². The smallest absolute Gasteiger partial charge is 0.0211 e. The van der Waals surface area contributed by atoms with Crippen LogP contribution in [-0.4, -0.2) is 0 Å². The molecule has 2 aromatic carbocycles. The zero-order chi connectivity index (χ0) is 11.9. The van der Waals surface area contributed by atoms with Gasteiger partial charge in [-0.1, -0.05) is 61.5 Å². The largest absolute Gasteiger partial charge is 0.309 e. The van der Waals surface area contributed by atoms with E-state index in [1.165, 1.54) is 16.7 Å². The topological polar surface area (TPSA) is 12.0 Å². The van der Waals surface area contributed by atoms with E-state index in [1.807, 2.05) is 0 Å². The van der Waals surface area contributed by atoms with Crippen LogP contribution in [-0.2, 0) is 19.5 Å². The molecule has 0 spiro atoms. The molecule has 1 N–H and O–H groups in total. The van der Waals surface area contributed by atoms with Gasteiger partial charge in [-0.05, 0) is 23.1 Å². The Hall–Kier alpha value is -1.60. The summed E-state index contributed by atoms with van der Waals surface area (Å²) in [7, 11) is 0. The average molecular weight is 225 g/mol. The molecule has 2 rings (SSSR count). The number of hydrogen-bond donors (Lipinski definition) is 1. The van der Waals surface area contributed by atoms with Crippen molar-refractivity contribution in [1.29, 1.82) is 0 Å². The molecule has 0 heterocycles. The molecule has 0 aliphatic carbocycles. The molecule has 0 unspecified atom stereocenters. The van der Waals surface area contributed by atoms with Gasteiger partial charge in [-0.15, -0.1) is 0 Å². The molecule has 88 valence electrons. The van der Waals surface area contributed by atoms with Crippen LogP contribution in [0.1, 0.15) is 23.6 Å². The van der Waals surface area contributed by atoms with E-state index in [0.717, 1.165) is 19.5 Å². The van der Waals surface area contributed by atoms with Crippen LogP contribution in [0.5, 0.6) is 0 Å². The molecule has 0 aliphatic heterocycles. The Bertz CT molecular complexity index is 448. The maximum atomic E-state index is 3.49. The zero-order valence-corrected chi connectivity index (χ0v) is 10.3. The molecule has 0 bridgehead atoms. The fourth-order valence-electron chi connectivity index (χ4n) is 2.01. The van der Waals surface area contributed by atoms with Crippen molar-refractivity contribution in [3.05, 3.63) is 71.3 Å². The van der Waals surface area contributed by atoms with Crippen LogP contribution in [0.2, 0.25) is 0 Å². The summed E-state index contributed by atoms with van der Waals surface area (Å²) in [5.74, 6) is 0. The molecule has 0 aliphatic rings. The van der Waals surface area contributed by atoms with Crippen LogP contribution in [0, 0.1) is 0 Å². The summed E-state index contributed by atoms with van der Waals surface area (Å²) in [6.07, 6.45) is 1.10. The maximum absolute atomic E-state index is 3.49. The highest BCUT2D eigenvalue weighted by molar-refractivity contribution is 5.27. The van der Waals surface area contributed by atoms with Gasteiger partial charge in [0.15, 0.2) is 0 Å². The SMILES string of the molecule is CCc1ccccc1CNCc1ccccc1. The fraction of sp³-hybridized carbons (Fsp3) is 0.250. The highest BCUT2D eigenvalue weighted by Crippen LogP contribution is 2.09. The second-order valence-corrected chi connectivity index (χ2v) is 4.21. The monoisotopic (exact) mass is 225 g/mol. The van der Waals surface area contributed by atoms with Crippen LogP contribution >= 0.6 is 0 Å². The van der Waals surface area contributed by atoms with Gasteiger partial charge >= 0.3 is 0 Å². The first-order valence-electron chi connectivity index (χ1n) is 6.21. The minimum Gasteiger partial charge on any atom is -0.309 e. The summed E-state index contributed by atoms with van der Waals surface area (Å²) in [6, 6.07) is 19.1. The van der Waals surface area contributed by atoms with Gasteiger partial charge in [-0.3, -0.25) is 0 Å². The quantitative estimate of drug-likeness (QED) is 0.820. The lowest BCUT2D eigenvalue weighted by molar-refractivity contribution is 0.688. The van der Waals surface area contributed by atoms with E-state index < -0.39 is 0 Å². The third kappa shape index (κ3) is 3.43. The van der Waals surface area contributed by atoms with Crippen LogP contribution in [0.25, 0.3) is 0 Å². The second kappa shape index (κ2) is 6.21. The molecular formula is C16H19N. The van der Waals surface area contributed by atoms with Gasteiger partial charge in [-0.25, -0.2) is 0 Å². The lowest BCUT2D eigenvalue weighted by Crippen LogP contribution is -2.13. The highest BCUT2D eigenvalue weighted by atomic mass is 14.8. The Kier molecular flexibility index (Phi) is 4.34. The summed E-state index contributed by atoms with van der Waals surface area (Å²) >= 11 is 0. The first kappa shape index (κ1) is 11.9. The molecule has 0 radical (unpaired) electrons. The van der Waals surface area contributed by atoms with Gasteiger partial charge in [0.05, 0.1) is 0 Å². The normalized spacial score (nSPS) is 10.4. The molecule has 17 heavy (non-hydrogen) atoms. The summed E-state index contributed by atoms with van der Waals surface area (Å²) in [6.45, 7) is 4.08. The third-order valence-corrected chi connectivity index (χ3v) is 2.99. The lowest BCUT2D eigenvalue weighted by atomic mass is 10.1. The number of nitrogens with one attached hydrogen (secondary N) is 1. The number of aryl methyl sites for hydroxylation is 1. The molecular weight excluding hydrogens is 206 g/mol. The number of rotatable bonds is 5. The van der Waals surface area contributed by atoms with E-state index in [9.17, 15) is 0 Å². The molecule has 0 fully saturated rings. The summed E-state index contributed by atoms with van der Waals surface area (Å²) in [5.41, 5.74) is 4.18. The fourth-order valence-corrected chi connectivity index (χ4v) is 2.01. The lowest BCUT2D eigenvalue weighted by Gasteiger charge is -2.09. The third-order valence-electron chi connectivity index (χ3n) is 2.99. The molecule has 0 saturated carbocycles. The summed E-state index contributed by atoms with van der Waals surface area (Å²) < 4.78 is 0. The first-order chi connectivity index (χ1) is 8.40. The van der Waals surface area contributed by atoms with Crippen LogP contribution in [0.4, 0.5) is 0 Å². The van der Waals surface area contributed by atoms with Crippen molar-refractivity contribution in [2.75, 3.05) is 0 Å². The predicted molar refractivity (Wildman–Crippen MR) is 72.8 cm³/mol. The molecule has 1 heteroatoms. The Labute approximate surface area is 103 Å². The van der Waals surface area contributed by atoms with Crippen molar-refractivity contribution in [3.63, 3.8) is 0 Å². The number of benzene rings is 2. The Morgan fingerprint density at radius 2 is 1.41 bits per heavy atom. The summed E-state index contributed by atoms with van der Waals surface area (Å²) in [4.78, 5) is 0. The first-order valence-corrected chi connectivity index (χ1v) is 6.21. The van der Waals surface area contributed by atoms with Gasteiger partial charge in [0.2, 0.25) is 0 Å². The van der Waals surface area contributed by atoms with Gasteiger partial charge in [0.1, 0.15) is 0 Å². The molecule has 1 nitrogen and oxygen atoms in total. The average Bonchev–Trinajstić information content (AvgIpc) is 2.40. The Morgan fingerprint density at radius 3 is 2.12 bits per heavy atom. The van der Waals surface area contributed by atoms with Crippen LogP contribution in [0.15, 0.2) is 54.6 Å². The van der Waals surface area contributed by atoms with Gasteiger partial charge in [0.25, 0.3) is 0 Å². The zero-order valence-electron chi connectivity index (χ0n) is 10.3. The van der Waals surface area contributed by atoms with E-state index >= 15 is 0 Å². The van der Waals surface area contributed by atoms with E-state index in [4.69, 9.17) is 0 Å². The van der Waals surface area contributed by atoms with Crippen molar-refractivity contribution >= 4 is 0 Å². The van der Waals surface area contributed by atoms with Gasteiger partial charge in [-0.2, -0.15) is 0 Å². The maximum Gasteiger partial charge on any atom is 0.0211 e. The highest BCUT2D eigenvalue weighted by Gasteiger charge is 1.98. The molecule has 0 aromatic heterocycles. The van der Waals surface area contributed by atoms with Crippen molar-refractivity contribution in [1.82, 2.24) is 5.32 Å². The van der Waals surface area contributed by atoms with Crippen LogP contribution < -0.4 is 5.32 Å². The second-order valence-electron chi connectivity index (χ2n) is 4.21. The van der Waals surface area contributed by atoms with E-state index in [1.54, 1.807) is 0 Å². The standard InChI is InChI=1S/C16H19N/c1-2-15-10-6-7-11-16(15)13-17-12-14-8-4-3-5-9-14/h3-11,17H,2,12-13H2,1H3. The van der Waals surface area contributed by atoms with Gasteiger partial charge in [0, 0.05) is 13.1 Å². The van der Waals surface area contributed by atoms with E-state index in [2.05, 4.69) is 66.8 Å². The van der Waals surface area contributed by atoms with Crippen molar-refractivity contribution < 1.29 is 0 Å². The minimum atomic E-state index is 0.929. The number of hydrogen-bond acceptors (Lipinski definition) is 1. The summed E-state index contributed by atoms with van der Waals surface area (Å²) in [5, 5.41) is 3.49. The molecule has 0 atom stereocenters. The molecule has 0 amide bonds. The van der Waals surface area contributed by atoms with Crippen molar-refractivity contribution in [3.8, 4) is 0 Å². The van der Waals surface area contributed by atoms with Crippen molar-refractivity contribution in [2.45, 2.75) is 26.4 Å².